The van der Waals surface area contributed by atoms with Gasteiger partial charge in [-0.05, 0) is 36.6 Å². The second kappa shape index (κ2) is 9.23. The van der Waals surface area contributed by atoms with Crippen LogP contribution in [0.1, 0.15) is 24.5 Å². The minimum atomic E-state index is -1.62. The maximum atomic E-state index is 14.9. The molecule has 0 spiro atoms. The smallest absolute Gasteiger partial charge is 0.354 e. The molecule has 4 aromatic heterocycles. The number of fused-ring (bicyclic) bond motifs is 1. The molecule has 4 aromatic rings. The molecule has 182 valence electrons. The number of methoxy groups -OCH3 is 1. The van der Waals surface area contributed by atoms with Gasteiger partial charge in [0.25, 0.3) is 0 Å². The average molecular weight is 523 g/mol. The molecule has 1 atom stereocenters. The summed E-state index contributed by atoms with van der Waals surface area (Å²) in [6.45, 7) is -0.805. The fraction of sp³-hybridized carbons (Fsp3) is 0.350. The standard InChI is InChI=1S/C20H17Cl2FN8O4/c1-34-18-13(3-2-6-24-18)30-14(10-4-5-10)15(31(32)33)19(28-30)35-9-11(23)8-29-17-12(16(21)27-29)7-25-20(22)26-17/h2-3,6-7,10-11H,4-5,8-9H2,1H3. The Morgan fingerprint density at radius 2 is 2.09 bits per heavy atom. The Labute approximate surface area is 206 Å². The van der Waals surface area contributed by atoms with Gasteiger partial charge < -0.3 is 9.47 Å². The van der Waals surface area contributed by atoms with E-state index in [-0.39, 0.29) is 46.0 Å². The SMILES string of the molecule is COc1ncccc1-n1nc(OCC(F)Cn2nc(Cl)c3cnc(Cl)nc32)c([N+](=O)[O-])c1C1CC1. The van der Waals surface area contributed by atoms with Crippen molar-refractivity contribution in [1.29, 1.82) is 0 Å². The zero-order valence-corrected chi connectivity index (χ0v) is 19.6. The summed E-state index contributed by atoms with van der Waals surface area (Å²) >= 11 is 11.9. The monoisotopic (exact) mass is 522 g/mol. The third-order valence-electron chi connectivity index (χ3n) is 5.37. The summed E-state index contributed by atoms with van der Waals surface area (Å²) in [5.41, 5.74) is 0.731. The van der Waals surface area contributed by atoms with E-state index in [2.05, 4.69) is 25.1 Å². The van der Waals surface area contributed by atoms with Gasteiger partial charge in [0, 0.05) is 18.3 Å². The van der Waals surface area contributed by atoms with E-state index in [1.165, 1.54) is 28.9 Å². The Bertz CT molecular complexity index is 1420. The first-order valence-corrected chi connectivity index (χ1v) is 11.2. The van der Waals surface area contributed by atoms with Gasteiger partial charge in [0.05, 0.1) is 24.0 Å². The van der Waals surface area contributed by atoms with E-state index in [1.54, 1.807) is 12.1 Å². The van der Waals surface area contributed by atoms with E-state index in [0.29, 0.717) is 16.8 Å². The zero-order chi connectivity index (χ0) is 24.7. The predicted molar refractivity (Wildman–Crippen MR) is 122 cm³/mol. The molecule has 0 saturated heterocycles. The van der Waals surface area contributed by atoms with E-state index in [0.717, 1.165) is 12.8 Å². The molecule has 5 rings (SSSR count). The number of nitrogens with zero attached hydrogens (tertiary/aromatic N) is 8. The molecule has 0 radical (unpaired) electrons. The van der Waals surface area contributed by atoms with Crippen LogP contribution in [0.2, 0.25) is 10.4 Å². The molecule has 1 saturated carbocycles. The number of alkyl halides is 1. The summed E-state index contributed by atoms with van der Waals surface area (Å²) in [5, 5.41) is 20.8. The first kappa shape index (κ1) is 23.2. The summed E-state index contributed by atoms with van der Waals surface area (Å²) < 4.78 is 28.4. The zero-order valence-electron chi connectivity index (χ0n) is 18.1. The Hall–Kier alpha value is -3.58. The molecule has 0 amide bonds. The quantitative estimate of drug-likeness (QED) is 0.182. The third-order valence-corrected chi connectivity index (χ3v) is 5.83. The number of hydrogen-bond acceptors (Lipinski definition) is 9. The van der Waals surface area contributed by atoms with Crippen molar-refractivity contribution in [2.24, 2.45) is 0 Å². The van der Waals surface area contributed by atoms with Crippen molar-refractivity contribution in [2.75, 3.05) is 13.7 Å². The fourth-order valence-electron chi connectivity index (χ4n) is 3.72. The highest BCUT2D eigenvalue weighted by Gasteiger charge is 2.40. The van der Waals surface area contributed by atoms with Crippen molar-refractivity contribution in [2.45, 2.75) is 31.5 Å². The Morgan fingerprint density at radius 1 is 1.29 bits per heavy atom. The van der Waals surface area contributed by atoms with Crippen LogP contribution in [-0.2, 0) is 6.54 Å². The molecule has 0 bridgehead atoms. The second-order valence-corrected chi connectivity index (χ2v) is 8.47. The van der Waals surface area contributed by atoms with Crippen molar-refractivity contribution in [3.05, 3.63) is 50.8 Å². The van der Waals surface area contributed by atoms with Gasteiger partial charge in [-0.15, -0.1) is 5.10 Å². The summed E-state index contributed by atoms with van der Waals surface area (Å²) in [4.78, 5) is 23.4. The van der Waals surface area contributed by atoms with Crippen LogP contribution in [0.5, 0.6) is 11.8 Å². The largest absolute Gasteiger partial charge is 0.479 e. The topological polar surface area (TPSA) is 136 Å². The number of hydrogen-bond donors (Lipinski definition) is 0. The average Bonchev–Trinajstić information content (AvgIpc) is 3.54. The van der Waals surface area contributed by atoms with Gasteiger partial charge in [-0.25, -0.2) is 23.7 Å². The maximum Gasteiger partial charge on any atom is 0.354 e. The first-order valence-electron chi connectivity index (χ1n) is 10.5. The molecule has 1 aliphatic rings. The van der Waals surface area contributed by atoms with Crippen molar-refractivity contribution in [1.82, 2.24) is 34.5 Å². The van der Waals surface area contributed by atoms with Crippen molar-refractivity contribution in [3.63, 3.8) is 0 Å². The summed E-state index contributed by atoms with van der Waals surface area (Å²) in [7, 11) is 1.44. The fourth-order valence-corrected chi connectivity index (χ4v) is 4.07. The Kier molecular flexibility index (Phi) is 6.11. The number of halogens is 3. The minimum Gasteiger partial charge on any atom is -0.479 e. The van der Waals surface area contributed by atoms with E-state index in [4.69, 9.17) is 32.7 Å². The number of pyridine rings is 1. The molecule has 1 aliphatic carbocycles. The molecule has 15 heteroatoms. The normalized spacial score (nSPS) is 14.3. The van der Waals surface area contributed by atoms with Gasteiger partial charge in [0.15, 0.2) is 17.0 Å². The highest BCUT2D eigenvalue weighted by Crippen LogP contribution is 2.48. The van der Waals surface area contributed by atoms with Gasteiger partial charge >= 0.3 is 11.6 Å². The van der Waals surface area contributed by atoms with Crippen molar-refractivity contribution in [3.8, 4) is 17.4 Å². The van der Waals surface area contributed by atoms with Gasteiger partial charge in [-0.3, -0.25) is 10.1 Å². The Morgan fingerprint density at radius 3 is 2.80 bits per heavy atom. The number of nitro groups is 1. The Balaban J connectivity index is 1.43. The molecular weight excluding hydrogens is 506 g/mol. The molecule has 35 heavy (non-hydrogen) atoms. The van der Waals surface area contributed by atoms with E-state index in [9.17, 15) is 14.5 Å². The van der Waals surface area contributed by atoms with Gasteiger partial charge in [-0.1, -0.05) is 11.6 Å². The lowest BCUT2D eigenvalue weighted by atomic mass is 10.2. The van der Waals surface area contributed by atoms with Crippen molar-refractivity contribution < 1.29 is 18.8 Å². The number of rotatable bonds is 9. The van der Waals surface area contributed by atoms with Crippen LogP contribution < -0.4 is 9.47 Å². The van der Waals surface area contributed by atoms with Gasteiger partial charge in [-0.2, -0.15) is 10.1 Å². The molecule has 1 unspecified atom stereocenters. The van der Waals surface area contributed by atoms with E-state index < -0.39 is 17.7 Å². The maximum absolute atomic E-state index is 14.9. The van der Waals surface area contributed by atoms with Crippen LogP contribution in [0, 0.1) is 10.1 Å². The van der Waals surface area contributed by atoms with Crippen LogP contribution in [0.3, 0.4) is 0 Å². The third kappa shape index (κ3) is 4.44. The molecule has 0 aliphatic heterocycles. The lowest BCUT2D eigenvalue weighted by molar-refractivity contribution is -0.386. The lowest BCUT2D eigenvalue weighted by Gasteiger charge is -2.09. The van der Waals surface area contributed by atoms with Gasteiger partial charge in [0.2, 0.25) is 11.2 Å². The summed E-state index contributed by atoms with van der Waals surface area (Å²) in [6, 6.07) is 3.34. The molecule has 1 fully saturated rings. The summed E-state index contributed by atoms with van der Waals surface area (Å²) in [5.74, 6) is -0.127. The number of aromatic nitrogens is 7. The predicted octanol–water partition coefficient (Wildman–Crippen LogP) is 3.93. The molecule has 0 N–H and O–H groups in total. The lowest BCUT2D eigenvalue weighted by Crippen LogP contribution is -2.21. The first-order chi connectivity index (χ1) is 16.9. The van der Waals surface area contributed by atoms with Crippen LogP contribution in [-0.4, -0.2) is 59.3 Å². The van der Waals surface area contributed by atoms with Crippen LogP contribution >= 0.6 is 23.2 Å². The minimum absolute atomic E-state index is 0.0402. The van der Waals surface area contributed by atoms with Gasteiger partial charge in [0.1, 0.15) is 18.0 Å². The van der Waals surface area contributed by atoms with E-state index >= 15 is 0 Å². The van der Waals surface area contributed by atoms with Crippen LogP contribution in [0.15, 0.2) is 24.5 Å². The molecule has 0 aromatic carbocycles. The number of ether oxygens (including phenoxy) is 2. The summed E-state index contributed by atoms with van der Waals surface area (Å²) in [6.07, 6.45) is 2.83. The van der Waals surface area contributed by atoms with E-state index in [1.807, 2.05) is 0 Å². The van der Waals surface area contributed by atoms with Crippen LogP contribution in [0.4, 0.5) is 10.1 Å². The van der Waals surface area contributed by atoms with Crippen molar-refractivity contribution >= 4 is 39.9 Å². The molecule has 12 nitrogen and oxygen atoms in total. The molecule has 4 heterocycles. The highest BCUT2D eigenvalue weighted by molar-refractivity contribution is 6.34. The second-order valence-electron chi connectivity index (χ2n) is 7.77. The highest BCUT2D eigenvalue weighted by atomic mass is 35.5. The van der Waals surface area contributed by atoms with Crippen LogP contribution in [0.25, 0.3) is 16.7 Å². The molecular formula is C20H17Cl2FN8O4.